The molecule has 0 saturated heterocycles. The summed E-state index contributed by atoms with van der Waals surface area (Å²) in [6, 6.07) is 2.68. The van der Waals surface area contributed by atoms with E-state index in [1.807, 2.05) is 0 Å². The van der Waals surface area contributed by atoms with E-state index in [-0.39, 0.29) is 32.5 Å². The second-order valence-corrected chi connectivity index (χ2v) is 9.92. The number of amides is 1. The maximum absolute atomic E-state index is 12.9. The Balaban J connectivity index is 2.36. The van der Waals surface area contributed by atoms with Crippen molar-refractivity contribution in [2.45, 2.75) is 57.9 Å². The van der Waals surface area contributed by atoms with Crippen LogP contribution in [0.25, 0.3) is 0 Å². The van der Waals surface area contributed by atoms with Gasteiger partial charge in [-0.25, -0.2) is 8.42 Å². The summed E-state index contributed by atoms with van der Waals surface area (Å²) in [4.78, 5) is 12.7. The van der Waals surface area contributed by atoms with Gasteiger partial charge in [0.1, 0.15) is 4.90 Å². The van der Waals surface area contributed by atoms with E-state index in [1.54, 1.807) is 13.8 Å². The fraction of sp³-hybridized carbons (Fsp3) is 0.632. The molecule has 3 atom stereocenters. The van der Waals surface area contributed by atoms with Crippen LogP contribution in [0.1, 0.15) is 57.3 Å². The smallest absolute Gasteiger partial charge is 0.253 e. The molecule has 0 heterocycles. The predicted octanol–water partition coefficient (Wildman–Crippen LogP) is 4.58. The molecule has 8 heteroatoms. The van der Waals surface area contributed by atoms with Crippen molar-refractivity contribution in [2.24, 2.45) is 11.8 Å². The first-order valence-electron chi connectivity index (χ1n) is 9.43. The third-order valence-electron chi connectivity index (χ3n) is 5.61. The van der Waals surface area contributed by atoms with Crippen molar-refractivity contribution in [3.63, 3.8) is 0 Å². The Hall–Kier alpha value is -0.820. The van der Waals surface area contributed by atoms with Gasteiger partial charge in [0.2, 0.25) is 10.0 Å². The SMILES string of the molecule is CCN(CC)S(=O)(=O)c1cc(C(=O)N[C@@H]2CCC[C@H](C)[C@H]2C)c(Cl)cc1Cl. The van der Waals surface area contributed by atoms with Gasteiger partial charge in [0.25, 0.3) is 5.91 Å². The molecule has 1 saturated carbocycles. The summed E-state index contributed by atoms with van der Waals surface area (Å²) < 4.78 is 27.0. The van der Waals surface area contributed by atoms with Gasteiger partial charge in [-0.2, -0.15) is 4.31 Å². The van der Waals surface area contributed by atoms with Crippen molar-refractivity contribution >= 4 is 39.1 Å². The van der Waals surface area contributed by atoms with Crippen LogP contribution in [0, 0.1) is 11.8 Å². The molecule has 1 aromatic carbocycles. The van der Waals surface area contributed by atoms with Crippen molar-refractivity contribution in [1.82, 2.24) is 9.62 Å². The van der Waals surface area contributed by atoms with Crippen LogP contribution >= 0.6 is 23.2 Å². The fourth-order valence-corrected chi connectivity index (χ4v) is 5.93. The fourth-order valence-electron chi connectivity index (χ4n) is 3.64. The first-order chi connectivity index (χ1) is 12.6. The zero-order valence-corrected chi connectivity index (χ0v) is 18.6. The zero-order valence-electron chi connectivity index (χ0n) is 16.3. The van der Waals surface area contributed by atoms with Crippen molar-refractivity contribution in [3.8, 4) is 0 Å². The second-order valence-electron chi connectivity index (χ2n) is 7.20. The summed E-state index contributed by atoms with van der Waals surface area (Å²) >= 11 is 12.4. The molecule has 0 spiro atoms. The van der Waals surface area contributed by atoms with Crippen LogP contribution in [0.3, 0.4) is 0 Å². The lowest BCUT2D eigenvalue weighted by molar-refractivity contribution is 0.0891. The van der Waals surface area contributed by atoms with Gasteiger partial charge < -0.3 is 5.32 Å². The number of carbonyl (C=O) groups excluding carboxylic acids is 1. The largest absolute Gasteiger partial charge is 0.349 e. The number of hydrogen-bond donors (Lipinski definition) is 1. The Morgan fingerprint density at radius 2 is 1.78 bits per heavy atom. The highest BCUT2D eigenvalue weighted by atomic mass is 35.5. The van der Waals surface area contributed by atoms with Gasteiger partial charge in [-0.1, -0.05) is 63.7 Å². The first kappa shape index (κ1) is 22.5. The van der Waals surface area contributed by atoms with Crippen LogP contribution in [0.5, 0.6) is 0 Å². The van der Waals surface area contributed by atoms with Gasteiger partial charge in [0.05, 0.1) is 15.6 Å². The number of hydrogen-bond acceptors (Lipinski definition) is 3. The summed E-state index contributed by atoms with van der Waals surface area (Å²) in [5.74, 6) is 0.523. The molecule has 0 unspecified atom stereocenters. The Morgan fingerprint density at radius 1 is 1.15 bits per heavy atom. The van der Waals surface area contributed by atoms with Crippen molar-refractivity contribution in [3.05, 3.63) is 27.7 Å². The number of nitrogens with one attached hydrogen (secondary N) is 1. The minimum absolute atomic E-state index is 0.0168. The van der Waals surface area contributed by atoms with Gasteiger partial charge in [-0.05, 0) is 30.4 Å². The monoisotopic (exact) mass is 434 g/mol. The molecule has 1 fully saturated rings. The van der Waals surface area contributed by atoms with Crippen molar-refractivity contribution in [2.75, 3.05) is 13.1 Å². The highest BCUT2D eigenvalue weighted by Gasteiger charge is 2.30. The third-order valence-corrected chi connectivity index (χ3v) is 8.44. The predicted molar refractivity (Wildman–Crippen MR) is 110 cm³/mol. The number of halogens is 2. The molecule has 0 aromatic heterocycles. The maximum Gasteiger partial charge on any atom is 0.253 e. The van der Waals surface area contributed by atoms with Crippen LogP contribution < -0.4 is 5.32 Å². The van der Waals surface area contributed by atoms with E-state index in [9.17, 15) is 13.2 Å². The van der Waals surface area contributed by atoms with Gasteiger partial charge in [-0.3, -0.25) is 4.79 Å². The van der Waals surface area contributed by atoms with Gasteiger partial charge in [0, 0.05) is 19.1 Å². The lowest BCUT2D eigenvalue weighted by Gasteiger charge is -2.34. The highest BCUT2D eigenvalue weighted by Crippen LogP contribution is 2.32. The summed E-state index contributed by atoms with van der Waals surface area (Å²) in [7, 11) is -3.79. The minimum Gasteiger partial charge on any atom is -0.349 e. The Morgan fingerprint density at radius 3 is 2.37 bits per heavy atom. The average molecular weight is 435 g/mol. The summed E-state index contributed by atoms with van der Waals surface area (Å²) in [6.45, 7) is 8.46. The standard InChI is InChI=1S/C19H28Cl2N2O3S/c1-5-23(6-2)27(25,26)18-10-14(15(20)11-16(18)21)19(24)22-17-9-7-8-12(3)13(17)4/h10-13,17H,5-9H2,1-4H3,(H,22,24)/t12-,13+,17+/m0/s1. The molecule has 0 bridgehead atoms. The van der Waals surface area contributed by atoms with E-state index in [1.165, 1.54) is 16.4 Å². The van der Waals surface area contributed by atoms with Crippen LogP contribution in [-0.2, 0) is 10.0 Å². The molecule has 0 radical (unpaired) electrons. The first-order valence-corrected chi connectivity index (χ1v) is 11.6. The number of nitrogens with zero attached hydrogens (tertiary/aromatic N) is 1. The van der Waals surface area contributed by atoms with E-state index in [0.29, 0.717) is 24.9 Å². The Bertz CT molecular complexity index is 794. The molecule has 27 heavy (non-hydrogen) atoms. The zero-order chi connectivity index (χ0) is 20.4. The normalized spacial score (nSPS) is 23.4. The van der Waals surface area contributed by atoms with Gasteiger partial charge in [-0.15, -0.1) is 0 Å². The lowest BCUT2D eigenvalue weighted by Crippen LogP contribution is -2.43. The number of benzene rings is 1. The van der Waals surface area contributed by atoms with E-state index < -0.39 is 10.0 Å². The molecule has 152 valence electrons. The summed E-state index contributed by atoms with van der Waals surface area (Å²) in [6.07, 6.45) is 3.13. The topological polar surface area (TPSA) is 66.5 Å². The van der Waals surface area contributed by atoms with Crippen LogP contribution in [0.2, 0.25) is 10.0 Å². The third kappa shape index (κ3) is 4.78. The lowest BCUT2D eigenvalue weighted by atomic mass is 9.78. The number of carbonyl (C=O) groups is 1. The molecule has 5 nitrogen and oxygen atoms in total. The van der Waals surface area contributed by atoms with Gasteiger partial charge >= 0.3 is 0 Å². The number of rotatable bonds is 6. The highest BCUT2D eigenvalue weighted by molar-refractivity contribution is 7.89. The molecule has 1 aliphatic rings. The second kappa shape index (κ2) is 9.12. The van der Waals surface area contributed by atoms with Crippen molar-refractivity contribution < 1.29 is 13.2 Å². The molecule has 2 rings (SSSR count). The Labute approximate surface area is 172 Å². The quantitative estimate of drug-likeness (QED) is 0.712. The van der Waals surface area contributed by atoms with Crippen LogP contribution in [0.15, 0.2) is 17.0 Å². The molecule has 1 N–H and O–H groups in total. The molecule has 1 aliphatic carbocycles. The van der Waals surface area contributed by atoms with E-state index in [4.69, 9.17) is 23.2 Å². The average Bonchev–Trinajstić information content (AvgIpc) is 2.59. The minimum atomic E-state index is -3.79. The number of sulfonamides is 1. The van der Waals surface area contributed by atoms with Gasteiger partial charge in [0.15, 0.2) is 0 Å². The van der Waals surface area contributed by atoms with E-state index in [2.05, 4.69) is 19.2 Å². The summed E-state index contributed by atoms with van der Waals surface area (Å²) in [5.41, 5.74) is 0.136. The van der Waals surface area contributed by atoms with Crippen LogP contribution in [-0.4, -0.2) is 37.8 Å². The van der Waals surface area contributed by atoms with E-state index >= 15 is 0 Å². The molecule has 0 aliphatic heterocycles. The molecular formula is C19H28Cl2N2O3S. The molecule has 1 amide bonds. The Kier molecular flexibility index (Phi) is 7.59. The molecular weight excluding hydrogens is 407 g/mol. The maximum atomic E-state index is 12.9. The van der Waals surface area contributed by atoms with Crippen LogP contribution in [0.4, 0.5) is 0 Å². The molecule has 1 aromatic rings. The summed E-state index contributed by atoms with van der Waals surface area (Å²) in [5, 5.41) is 3.20. The van der Waals surface area contributed by atoms with E-state index in [0.717, 1.165) is 19.3 Å². The van der Waals surface area contributed by atoms with Crippen molar-refractivity contribution in [1.29, 1.82) is 0 Å².